The topological polar surface area (TPSA) is 75.4 Å². The molecule has 0 radical (unpaired) electrons. The van der Waals surface area contributed by atoms with E-state index in [1.807, 2.05) is 0 Å². The van der Waals surface area contributed by atoms with E-state index in [0.29, 0.717) is 31.3 Å². The second-order valence-electron chi connectivity index (χ2n) is 5.02. The second-order valence-corrected chi connectivity index (χ2v) is 5.02. The molecule has 0 saturated heterocycles. The van der Waals surface area contributed by atoms with Gasteiger partial charge >= 0.3 is 0 Å². The van der Waals surface area contributed by atoms with Gasteiger partial charge in [-0.3, -0.25) is 4.79 Å². The summed E-state index contributed by atoms with van der Waals surface area (Å²) in [6.45, 7) is 3.41. The molecule has 0 aromatic carbocycles. The molecule has 1 rings (SSSR count). The predicted molar refractivity (Wildman–Crippen MR) is 63.8 cm³/mol. The van der Waals surface area contributed by atoms with Crippen LogP contribution >= 0.6 is 0 Å². The van der Waals surface area contributed by atoms with Gasteiger partial charge in [0.2, 0.25) is 5.91 Å². The zero-order valence-electron chi connectivity index (χ0n) is 10.1. The molecule has 3 atom stereocenters. The summed E-state index contributed by atoms with van der Waals surface area (Å²) in [5.41, 5.74) is 5.49. The molecule has 0 aliphatic heterocycles. The van der Waals surface area contributed by atoms with Crippen molar-refractivity contribution in [3.05, 3.63) is 0 Å². The second kappa shape index (κ2) is 6.86. The fourth-order valence-electron chi connectivity index (χ4n) is 2.08. The van der Waals surface area contributed by atoms with Crippen LogP contribution in [0, 0.1) is 11.8 Å². The molecule has 4 N–H and O–H groups in total. The zero-order valence-corrected chi connectivity index (χ0v) is 10.1. The molecule has 1 aliphatic rings. The SMILES string of the molecule is CC(CN)CCC(=O)NCC1CCC(O)C1. The minimum Gasteiger partial charge on any atom is -0.393 e. The highest BCUT2D eigenvalue weighted by Gasteiger charge is 2.22. The highest BCUT2D eigenvalue weighted by atomic mass is 16.3. The first kappa shape index (κ1) is 13.5. The van der Waals surface area contributed by atoms with E-state index >= 15 is 0 Å². The lowest BCUT2D eigenvalue weighted by atomic mass is 10.1. The van der Waals surface area contributed by atoms with Crippen LogP contribution in [0.2, 0.25) is 0 Å². The first-order valence-electron chi connectivity index (χ1n) is 6.26. The van der Waals surface area contributed by atoms with Crippen molar-refractivity contribution in [3.63, 3.8) is 0 Å². The van der Waals surface area contributed by atoms with Crippen LogP contribution in [0.5, 0.6) is 0 Å². The Morgan fingerprint density at radius 3 is 2.88 bits per heavy atom. The van der Waals surface area contributed by atoms with Gasteiger partial charge in [-0.05, 0) is 44.1 Å². The van der Waals surface area contributed by atoms with Gasteiger partial charge in [-0.2, -0.15) is 0 Å². The van der Waals surface area contributed by atoms with E-state index in [-0.39, 0.29) is 12.0 Å². The number of carbonyl (C=O) groups is 1. The van der Waals surface area contributed by atoms with E-state index in [4.69, 9.17) is 5.73 Å². The minimum atomic E-state index is -0.154. The Morgan fingerprint density at radius 2 is 2.31 bits per heavy atom. The molecule has 16 heavy (non-hydrogen) atoms. The first-order valence-corrected chi connectivity index (χ1v) is 6.26. The lowest BCUT2D eigenvalue weighted by Gasteiger charge is -2.12. The fourth-order valence-corrected chi connectivity index (χ4v) is 2.08. The third kappa shape index (κ3) is 4.94. The van der Waals surface area contributed by atoms with Gasteiger partial charge < -0.3 is 16.2 Å². The number of carbonyl (C=O) groups excluding carboxylic acids is 1. The van der Waals surface area contributed by atoms with Gasteiger partial charge in [-0.1, -0.05) is 6.92 Å². The summed E-state index contributed by atoms with van der Waals surface area (Å²) in [5, 5.41) is 12.3. The average molecular weight is 228 g/mol. The van der Waals surface area contributed by atoms with Gasteiger partial charge in [0.25, 0.3) is 0 Å². The Kier molecular flexibility index (Phi) is 5.77. The Bertz CT molecular complexity index is 221. The highest BCUT2D eigenvalue weighted by molar-refractivity contribution is 5.75. The maximum absolute atomic E-state index is 11.5. The molecule has 3 unspecified atom stereocenters. The van der Waals surface area contributed by atoms with Crippen molar-refractivity contribution >= 4 is 5.91 Å². The number of amides is 1. The molecule has 0 aromatic rings. The molecule has 4 heteroatoms. The van der Waals surface area contributed by atoms with E-state index in [2.05, 4.69) is 12.2 Å². The van der Waals surface area contributed by atoms with Crippen LogP contribution in [0.3, 0.4) is 0 Å². The molecular weight excluding hydrogens is 204 g/mol. The van der Waals surface area contributed by atoms with Crippen LogP contribution < -0.4 is 11.1 Å². The molecule has 0 heterocycles. The quantitative estimate of drug-likeness (QED) is 0.624. The van der Waals surface area contributed by atoms with Gasteiger partial charge in [-0.25, -0.2) is 0 Å². The van der Waals surface area contributed by atoms with Crippen LogP contribution in [0.25, 0.3) is 0 Å². The number of aliphatic hydroxyl groups is 1. The lowest BCUT2D eigenvalue weighted by molar-refractivity contribution is -0.121. The van der Waals surface area contributed by atoms with Gasteiger partial charge in [0.1, 0.15) is 0 Å². The van der Waals surface area contributed by atoms with E-state index < -0.39 is 0 Å². The van der Waals surface area contributed by atoms with Crippen molar-refractivity contribution in [2.45, 2.75) is 45.1 Å². The highest BCUT2D eigenvalue weighted by Crippen LogP contribution is 2.24. The summed E-state index contributed by atoms with van der Waals surface area (Å²) in [7, 11) is 0. The third-order valence-electron chi connectivity index (χ3n) is 3.37. The summed E-state index contributed by atoms with van der Waals surface area (Å²) < 4.78 is 0. The van der Waals surface area contributed by atoms with Crippen molar-refractivity contribution in [1.29, 1.82) is 0 Å². The number of nitrogens with one attached hydrogen (secondary N) is 1. The standard InChI is InChI=1S/C12H24N2O2/c1-9(7-13)2-5-12(16)14-8-10-3-4-11(15)6-10/h9-11,15H,2-8,13H2,1H3,(H,14,16). The number of rotatable bonds is 6. The van der Waals surface area contributed by atoms with Gasteiger partial charge in [0.05, 0.1) is 6.10 Å². The van der Waals surface area contributed by atoms with E-state index in [1.165, 1.54) is 0 Å². The third-order valence-corrected chi connectivity index (χ3v) is 3.37. The summed E-state index contributed by atoms with van der Waals surface area (Å²) >= 11 is 0. The van der Waals surface area contributed by atoms with Crippen molar-refractivity contribution in [1.82, 2.24) is 5.32 Å². The molecule has 1 amide bonds. The van der Waals surface area contributed by atoms with E-state index in [0.717, 1.165) is 25.7 Å². The molecular formula is C12H24N2O2. The molecule has 94 valence electrons. The minimum absolute atomic E-state index is 0.113. The molecule has 1 saturated carbocycles. The molecule has 0 spiro atoms. The Labute approximate surface area is 97.6 Å². The van der Waals surface area contributed by atoms with Crippen molar-refractivity contribution in [2.75, 3.05) is 13.1 Å². The maximum Gasteiger partial charge on any atom is 0.220 e. The Balaban J connectivity index is 2.06. The summed E-state index contributed by atoms with van der Waals surface area (Å²) in [6, 6.07) is 0. The van der Waals surface area contributed by atoms with Gasteiger partial charge in [-0.15, -0.1) is 0 Å². The summed E-state index contributed by atoms with van der Waals surface area (Å²) in [4.78, 5) is 11.5. The van der Waals surface area contributed by atoms with E-state index in [9.17, 15) is 9.90 Å². The monoisotopic (exact) mass is 228 g/mol. The van der Waals surface area contributed by atoms with Crippen LogP contribution in [0.15, 0.2) is 0 Å². The molecule has 1 fully saturated rings. The van der Waals surface area contributed by atoms with Crippen LogP contribution in [0.4, 0.5) is 0 Å². The van der Waals surface area contributed by atoms with Crippen LogP contribution in [-0.4, -0.2) is 30.2 Å². The largest absolute Gasteiger partial charge is 0.393 e. The number of hydrogen-bond acceptors (Lipinski definition) is 3. The smallest absolute Gasteiger partial charge is 0.220 e. The first-order chi connectivity index (χ1) is 7.61. The molecule has 0 aromatic heterocycles. The predicted octanol–water partition coefficient (Wildman–Crippen LogP) is 0.639. The molecule has 1 aliphatic carbocycles. The van der Waals surface area contributed by atoms with Crippen molar-refractivity contribution < 1.29 is 9.90 Å². The number of nitrogens with two attached hydrogens (primary N) is 1. The summed E-state index contributed by atoms with van der Waals surface area (Å²) in [6.07, 6.45) is 4.01. The van der Waals surface area contributed by atoms with Crippen LogP contribution in [0.1, 0.15) is 39.0 Å². The number of aliphatic hydroxyl groups excluding tert-OH is 1. The fraction of sp³-hybridized carbons (Fsp3) is 0.917. The maximum atomic E-state index is 11.5. The number of hydrogen-bond donors (Lipinski definition) is 3. The lowest BCUT2D eigenvalue weighted by Crippen LogP contribution is -2.29. The zero-order chi connectivity index (χ0) is 12.0. The molecule has 4 nitrogen and oxygen atoms in total. The summed E-state index contributed by atoms with van der Waals surface area (Å²) in [5.74, 6) is 0.992. The van der Waals surface area contributed by atoms with E-state index in [1.54, 1.807) is 0 Å². The average Bonchev–Trinajstić information content (AvgIpc) is 2.69. The van der Waals surface area contributed by atoms with Gasteiger partial charge in [0.15, 0.2) is 0 Å². The van der Waals surface area contributed by atoms with Crippen molar-refractivity contribution in [3.8, 4) is 0 Å². The molecule has 0 bridgehead atoms. The Morgan fingerprint density at radius 1 is 1.56 bits per heavy atom. The normalized spacial score (nSPS) is 26.7. The Hall–Kier alpha value is -0.610. The van der Waals surface area contributed by atoms with Crippen molar-refractivity contribution in [2.24, 2.45) is 17.6 Å². The van der Waals surface area contributed by atoms with Crippen LogP contribution in [-0.2, 0) is 4.79 Å². The van der Waals surface area contributed by atoms with Gasteiger partial charge in [0, 0.05) is 13.0 Å².